The van der Waals surface area contributed by atoms with E-state index in [4.69, 9.17) is 16.2 Å². The molecule has 2 heterocycles. The molecule has 0 spiro atoms. The fraction of sp³-hybridized carbons (Fsp3) is 0.167. The highest BCUT2D eigenvalue weighted by Crippen LogP contribution is 2.24. The number of halogens is 1. The summed E-state index contributed by atoms with van der Waals surface area (Å²) >= 11 is 0. The van der Waals surface area contributed by atoms with Crippen LogP contribution in [0.5, 0.6) is 5.88 Å². The maximum atomic E-state index is 14.1. The second-order valence-electron chi connectivity index (χ2n) is 7.82. The molecule has 3 aromatic rings. The van der Waals surface area contributed by atoms with Crippen molar-refractivity contribution in [3.63, 3.8) is 0 Å². The number of sulfone groups is 1. The zero-order valence-corrected chi connectivity index (χ0v) is 20.8. The van der Waals surface area contributed by atoms with Gasteiger partial charge in [0.15, 0.2) is 15.7 Å². The van der Waals surface area contributed by atoms with Gasteiger partial charge >= 0.3 is 0 Å². The van der Waals surface area contributed by atoms with E-state index in [-0.39, 0.29) is 28.3 Å². The Kier molecular flexibility index (Phi) is 8.00. The first-order valence-electron chi connectivity index (χ1n) is 10.5. The minimum atomic E-state index is -3.29. The van der Waals surface area contributed by atoms with Crippen molar-refractivity contribution in [3.05, 3.63) is 83.7 Å². The summed E-state index contributed by atoms with van der Waals surface area (Å²) in [5.74, 6) is -0.0384. The Morgan fingerprint density at radius 1 is 1.11 bits per heavy atom. The topological polar surface area (TPSA) is 158 Å². The van der Waals surface area contributed by atoms with Crippen LogP contribution in [0.2, 0.25) is 0 Å². The number of ether oxygens (including phenoxy) is 1. The van der Waals surface area contributed by atoms with Crippen molar-refractivity contribution in [1.82, 2.24) is 9.97 Å². The predicted octanol–water partition coefficient (Wildman–Crippen LogP) is 2.92. The van der Waals surface area contributed by atoms with Crippen molar-refractivity contribution in [2.24, 2.45) is 21.5 Å². The van der Waals surface area contributed by atoms with Crippen LogP contribution in [0.3, 0.4) is 0 Å². The van der Waals surface area contributed by atoms with E-state index in [0.29, 0.717) is 23.5 Å². The molecule has 3 rings (SSSR count). The van der Waals surface area contributed by atoms with Crippen LogP contribution in [0.1, 0.15) is 23.6 Å². The first kappa shape index (κ1) is 26.3. The van der Waals surface area contributed by atoms with Gasteiger partial charge in [0.05, 0.1) is 29.5 Å². The van der Waals surface area contributed by atoms with Crippen LogP contribution < -0.4 is 21.5 Å². The first-order valence-corrected chi connectivity index (χ1v) is 12.4. The smallest absolute Gasteiger partial charge is 0.250 e. The van der Waals surface area contributed by atoms with Gasteiger partial charge in [0, 0.05) is 18.5 Å². The Hall–Kier alpha value is -4.32. The molecule has 0 saturated heterocycles. The van der Waals surface area contributed by atoms with Gasteiger partial charge in [-0.25, -0.2) is 32.8 Å². The van der Waals surface area contributed by atoms with Crippen LogP contribution in [-0.2, 0) is 16.3 Å². The molecule has 0 bridgehead atoms. The minimum Gasteiger partial charge on any atom is -0.479 e. The fourth-order valence-electron chi connectivity index (χ4n) is 3.24. The molecule has 0 aliphatic carbocycles. The monoisotopic (exact) mass is 511 g/mol. The molecule has 5 N–H and O–H groups in total. The van der Waals surface area contributed by atoms with Crippen molar-refractivity contribution >= 4 is 33.0 Å². The quantitative estimate of drug-likeness (QED) is 0.308. The lowest BCUT2D eigenvalue weighted by Crippen LogP contribution is -2.18. The SMILES string of the molecule is C=C(N)/N=C(C)\N=C(/N)c1cc(Cc2ccc(S(C)(=O)=O)cc2)cnc1Nc1cnc(OC)c(F)c1. The lowest BCUT2D eigenvalue weighted by atomic mass is 10.0. The van der Waals surface area contributed by atoms with E-state index in [1.54, 1.807) is 43.5 Å². The average molecular weight is 512 g/mol. The van der Waals surface area contributed by atoms with Crippen molar-refractivity contribution in [2.45, 2.75) is 18.2 Å². The number of anilines is 2. The van der Waals surface area contributed by atoms with E-state index < -0.39 is 15.7 Å². The van der Waals surface area contributed by atoms with E-state index in [1.807, 2.05) is 0 Å². The molecule has 0 amide bonds. The molecule has 0 saturated carbocycles. The number of amidine groups is 2. The summed E-state index contributed by atoms with van der Waals surface area (Å²) in [6, 6.07) is 9.55. The van der Waals surface area contributed by atoms with Gasteiger partial charge in [-0.1, -0.05) is 18.7 Å². The molecule has 188 valence electrons. The van der Waals surface area contributed by atoms with Crippen molar-refractivity contribution in [1.29, 1.82) is 0 Å². The van der Waals surface area contributed by atoms with Crippen LogP contribution in [0.25, 0.3) is 0 Å². The van der Waals surface area contributed by atoms with Gasteiger partial charge in [-0.3, -0.25) is 0 Å². The molecule has 0 unspecified atom stereocenters. The third-order valence-electron chi connectivity index (χ3n) is 4.83. The Labute approximate surface area is 208 Å². The molecule has 0 radical (unpaired) electrons. The van der Waals surface area contributed by atoms with E-state index in [2.05, 4.69) is 31.8 Å². The van der Waals surface area contributed by atoms with E-state index >= 15 is 0 Å². The Morgan fingerprint density at radius 2 is 1.81 bits per heavy atom. The zero-order chi connectivity index (χ0) is 26.5. The molecular weight excluding hydrogens is 485 g/mol. The van der Waals surface area contributed by atoms with Crippen LogP contribution in [0.15, 0.2) is 76.1 Å². The summed E-state index contributed by atoms with van der Waals surface area (Å²) < 4.78 is 42.4. The molecule has 0 aliphatic rings. The maximum Gasteiger partial charge on any atom is 0.250 e. The van der Waals surface area contributed by atoms with Crippen molar-refractivity contribution in [2.75, 3.05) is 18.7 Å². The molecule has 10 nitrogen and oxygen atoms in total. The zero-order valence-electron chi connectivity index (χ0n) is 20.0. The number of hydrogen-bond donors (Lipinski definition) is 3. The summed E-state index contributed by atoms with van der Waals surface area (Å²) in [5, 5.41) is 3.00. The highest BCUT2D eigenvalue weighted by atomic mass is 32.2. The maximum absolute atomic E-state index is 14.1. The van der Waals surface area contributed by atoms with Crippen LogP contribution in [0.4, 0.5) is 15.9 Å². The molecular formula is C24H26FN7O3S. The fourth-order valence-corrected chi connectivity index (χ4v) is 3.87. The summed E-state index contributed by atoms with van der Waals surface area (Å²) in [6.45, 7) is 5.13. The van der Waals surface area contributed by atoms with Gasteiger partial charge < -0.3 is 21.5 Å². The number of hydrogen-bond acceptors (Lipinski definition) is 8. The molecule has 0 aliphatic heterocycles. The van der Waals surface area contributed by atoms with E-state index in [1.165, 1.54) is 19.4 Å². The highest BCUT2D eigenvalue weighted by Gasteiger charge is 2.14. The number of benzene rings is 1. The first-order chi connectivity index (χ1) is 17.0. The Morgan fingerprint density at radius 3 is 2.39 bits per heavy atom. The Balaban J connectivity index is 1.99. The summed E-state index contributed by atoms with van der Waals surface area (Å²) in [7, 11) is -1.97. The minimum absolute atomic E-state index is 0.0756. The molecule has 36 heavy (non-hydrogen) atoms. The van der Waals surface area contributed by atoms with Crippen LogP contribution in [-0.4, -0.2) is 43.4 Å². The van der Waals surface area contributed by atoms with Gasteiger partial charge in [0.2, 0.25) is 5.88 Å². The Bertz CT molecular complexity index is 1450. The molecule has 0 atom stereocenters. The lowest BCUT2D eigenvalue weighted by molar-refractivity contribution is 0.369. The number of rotatable bonds is 8. The van der Waals surface area contributed by atoms with Gasteiger partial charge in [-0.05, 0) is 42.7 Å². The summed E-state index contributed by atoms with van der Waals surface area (Å²) in [5.41, 5.74) is 14.2. The number of aliphatic imine (C=N–C) groups is 2. The third-order valence-corrected chi connectivity index (χ3v) is 5.96. The average Bonchev–Trinajstić information content (AvgIpc) is 2.79. The number of nitrogens with two attached hydrogens (primary N) is 2. The summed E-state index contributed by atoms with van der Waals surface area (Å²) in [6.07, 6.45) is 4.62. The van der Waals surface area contributed by atoms with Gasteiger partial charge in [0.25, 0.3) is 0 Å². The van der Waals surface area contributed by atoms with Gasteiger partial charge in [0.1, 0.15) is 23.3 Å². The number of pyridine rings is 2. The second kappa shape index (κ2) is 11.0. The molecule has 1 aromatic carbocycles. The second-order valence-corrected chi connectivity index (χ2v) is 9.84. The molecule has 12 heteroatoms. The third kappa shape index (κ3) is 6.85. The van der Waals surface area contributed by atoms with Crippen molar-refractivity contribution in [3.8, 4) is 5.88 Å². The number of methoxy groups -OCH3 is 1. The van der Waals surface area contributed by atoms with Gasteiger partial charge in [-0.2, -0.15) is 0 Å². The lowest BCUT2D eigenvalue weighted by Gasteiger charge is -2.13. The van der Waals surface area contributed by atoms with Crippen molar-refractivity contribution < 1.29 is 17.5 Å². The van der Waals surface area contributed by atoms with Crippen LogP contribution >= 0.6 is 0 Å². The highest BCUT2D eigenvalue weighted by molar-refractivity contribution is 7.90. The molecule has 0 fully saturated rings. The number of nitrogens with one attached hydrogen (secondary N) is 1. The van der Waals surface area contributed by atoms with Crippen LogP contribution in [0, 0.1) is 5.82 Å². The summed E-state index contributed by atoms with van der Waals surface area (Å²) in [4.78, 5) is 16.8. The number of aromatic nitrogens is 2. The number of nitrogens with zero attached hydrogens (tertiary/aromatic N) is 4. The predicted molar refractivity (Wildman–Crippen MR) is 138 cm³/mol. The standard InChI is InChI=1S/C24H26FN7O3S/c1-14(26)30-15(2)31-22(27)20-10-17(9-16-5-7-19(8-6-16)36(4,33)34)12-28-23(20)32-18-11-21(25)24(35-3)29-13-18/h5-8,10-13H,1,9,26H2,2-4H3,(H,28,32)(H2,27,30,31). The van der Waals surface area contributed by atoms with E-state index in [9.17, 15) is 12.8 Å². The van der Waals surface area contributed by atoms with E-state index in [0.717, 1.165) is 17.4 Å². The normalized spacial score (nSPS) is 12.3. The molecule has 2 aromatic heterocycles. The largest absolute Gasteiger partial charge is 0.479 e. The van der Waals surface area contributed by atoms with Gasteiger partial charge in [-0.15, -0.1) is 0 Å².